The minimum absolute atomic E-state index is 0.542. The van der Waals surface area contributed by atoms with E-state index >= 15 is 0 Å². The van der Waals surface area contributed by atoms with Crippen LogP contribution in [0.4, 0.5) is 8.78 Å². The number of hydrogen-bond donors (Lipinski definition) is 0. The fourth-order valence-electron chi connectivity index (χ4n) is 0.828. The molecule has 0 aliphatic carbocycles. The molecule has 0 bridgehead atoms. The molecule has 0 aromatic carbocycles. The Morgan fingerprint density at radius 3 is 2.11 bits per heavy atom. The molecule has 0 N–H and O–H groups in total. The predicted octanol–water partition coefficient (Wildman–Crippen LogP) is 2.55. The highest BCUT2D eigenvalue weighted by Crippen LogP contribution is 2.22. The van der Waals surface area contributed by atoms with Crippen LogP contribution in [0, 0.1) is 5.41 Å². The van der Waals surface area contributed by atoms with Gasteiger partial charge in [-0.1, -0.05) is 6.92 Å². The van der Waals surface area contributed by atoms with Gasteiger partial charge in [0.25, 0.3) is 5.92 Å². The topological polar surface area (TPSA) is 52.6 Å². The summed E-state index contributed by atoms with van der Waals surface area (Å²) in [7, 11) is 0. The summed E-state index contributed by atoms with van der Waals surface area (Å²) in [6.45, 7) is 6.06. The number of carbonyl (C=O) groups excluding carboxylic acids is 2. The van der Waals surface area contributed by atoms with Crippen molar-refractivity contribution >= 4 is 11.9 Å². The zero-order valence-corrected chi connectivity index (χ0v) is 11.4. The fraction of sp³-hybridized carbons (Fsp3) is 0.833. The van der Waals surface area contributed by atoms with Crippen molar-refractivity contribution in [3.05, 3.63) is 0 Å². The van der Waals surface area contributed by atoms with Gasteiger partial charge in [-0.3, -0.25) is 4.79 Å². The minimum atomic E-state index is -3.10. The Morgan fingerprint density at radius 2 is 1.72 bits per heavy atom. The number of alkyl halides is 2. The molecule has 0 aromatic rings. The van der Waals surface area contributed by atoms with E-state index in [1.165, 1.54) is 6.92 Å². The summed E-state index contributed by atoms with van der Waals surface area (Å²) in [6, 6.07) is 0. The Kier molecular flexibility index (Phi) is 5.70. The van der Waals surface area contributed by atoms with E-state index in [0.29, 0.717) is 13.3 Å². The summed E-state index contributed by atoms with van der Waals surface area (Å²) in [4.78, 5) is 22.9. The van der Waals surface area contributed by atoms with Crippen LogP contribution >= 0.6 is 0 Å². The van der Waals surface area contributed by atoms with Crippen molar-refractivity contribution in [2.45, 2.75) is 53.1 Å². The maximum absolute atomic E-state index is 12.5. The lowest BCUT2D eigenvalue weighted by Gasteiger charge is -2.23. The summed E-state index contributed by atoms with van der Waals surface area (Å²) in [6.07, 6.45) is -0.647. The Balaban J connectivity index is 4.29. The second-order valence-electron chi connectivity index (χ2n) is 4.96. The van der Waals surface area contributed by atoms with Crippen molar-refractivity contribution in [2.24, 2.45) is 5.41 Å². The van der Waals surface area contributed by atoms with Crippen molar-refractivity contribution in [1.29, 1.82) is 0 Å². The highest BCUT2D eigenvalue weighted by molar-refractivity contribution is 5.81. The van der Waals surface area contributed by atoms with Crippen LogP contribution in [0.15, 0.2) is 0 Å². The van der Waals surface area contributed by atoms with Gasteiger partial charge >= 0.3 is 11.9 Å². The molecule has 106 valence electrons. The van der Waals surface area contributed by atoms with Gasteiger partial charge in [-0.05, 0) is 27.2 Å². The molecule has 0 fully saturated rings. The molecule has 0 heterocycles. The molecular formula is C12H20F2O4. The third-order valence-electron chi connectivity index (χ3n) is 2.52. The van der Waals surface area contributed by atoms with Crippen LogP contribution in [-0.4, -0.2) is 30.6 Å². The summed E-state index contributed by atoms with van der Waals surface area (Å²) in [5.41, 5.74) is -0.719. The number of halogens is 2. The molecule has 4 nitrogen and oxygen atoms in total. The summed E-state index contributed by atoms with van der Waals surface area (Å²) in [5, 5.41) is 0. The summed E-state index contributed by atoms with van der Waals surface area (Å²) < 4.78 is 34.2. The van der Waals surface area contributed by atoms with Gasteiger partial charge in [0.2, 0.25) is 0 Å². The number of carbonyl (C=O) groups is 2. The van der Waals surface area contributed by atoms with Crippen molar-refractivity contribution < 1.29 is 27.8 Å². The standard InChI is InChI=1S/C12H20F2O4/c1-6-11(3,4)10(16)18-8(2)9(15)17-7-12(5,13)14/h8H,6-7H2,1-5H3. The van der Waals surface area contributed by atoms with Crippen molar-refractivity contribution in [1.82, 2.24) is 0 Å². The van der Waals surface area contributed by atoms with Crippen LogP contribution in [0.2, 0.25) is 0 Å². The van der Waals surface area contributed by atoms with Crippen molar-refractivity contribution in [2.75, 3.05) is 6.61 Å². The van der Waals surface area contributed by atoms with E-state index in [1.54, 1.807) is 13.8 Å². The lowest BCUT2D eigenvalue weighted by molar-refractivity contribution is -0.177. The fourth-order valence-corrected chi connectivity index (χ4v) is 0.828. The second-order valence-corrected chi connectivity index (χ2v) is 4.96. The molecule has 0 aliphatic rings. The predicted molar refractivity (Wildman–Crippen MR) is 61.2 cm³/mol. The van der Waals surface area contributed by atoms with E-state index in [2.05, 4.69) is 4.74 Å². The Labute approximate surface area is 106 Å². The monoisotopic (exact) mass is 266 g/mol. The van der Waals surface area contributed by atoms with Crippen molar-refractivity contribution in [3.63, 3.8) is 0 Å². The highest BCUT2D eigenvalue weighted by atomic mass is 19.3. The van der Waals surface area contributed by atoms with Gasteiger partial charge in [-0.15, -0.1) is 0 Å². The minimum Gasteiger partial charge on any atom is -0.457 e. The van der Waals surface area contributed by atoms with Gasteiger partial charge in [0, 0.05) is 6.92 Å². The third kappa shape index (κ3) is 5.93. The summed E-state index contributed by atoms with van der Waals surface area (Å²) in [5.74, 6) is -4.63. The first-order chi connectivity index (χ1) is 7.99. The first kappa shape index (κ1) is 16.8. The Hall–Kier alpha value is -1.20. The second kappa shape index (κ2) is 6.11. The van der Waals surface area contributed by atoms with E-state index in [9.17, 15) is 18.4 Å². The van der Waals surface area contributed by atoms with E-state index in [0.717, 1.165) is 0 Å². The molecule has 0 aromatic heterocycles. The number of ether oxygens (including phenoxy) is 2. The van der Waals surface area contributed by atoms with Gasteiger partial charge in [0.05, 0.1) is 5.41 Å². The molecule has 0 spiro atoms. The smallest absolute Gasteiger partial charge is 0.347 e. The Bertz CT molecular complexity index is 308. The van der Waals surface area contributed by atoms with E-state index < -0.39 is 36.0 Å². The van der Waals surface area contributed by atoms with Gasteiger partial charge in [0.1, 0.15) is 0 Å². The molecule has 18 heavy (non-hydrogen) atoms. The molecule has 1 atom stereocenters. The molecule has 0 radical (unpaired) electrons. The van der Waals surface area contributed by atoms with E-state index in [4.69, 9.17) is 4.74 Å². The van der Waals surface area contributed by atoms with E-state index in [-0.39, 0.29) is 0 Å². The SMILES string of the molecule is CCC(C)(C)C(=O)OC(C)C(=O)OCC(C)(F)F. The lowest BCUT2D eigenvalue weighted by Crippen LogP contribution is -2.34. The van der Waals surface area contributed by atoms with Gasteiger partial charge in [0.15, 0.2) is 12.7 Å². The van der Waals surface area contributed by atoms with Crippen molar-refractivity contribution in [3.8, 4) is 0 Å². The van der Waals surface area contributed by atoms with Gasteiger partial charge in [-0.2, -0.15) is 0 Å². The molecule has 0 rings (SSSR count). The maximum atomic E-state index is 12.5. The van der Waals surface area contributed by atoms with Crippen LogP contribution in [0.5, 0.6) is 0 Å². The molecule has 0 saturated heterocycles. The lowest BCUT2D eigenvalue weighted by atomic mass is 9.91. The van der Waals surface area contributed by atoms with Crippen LogP contribution in [0.3, 0.4) is 0 Å². The van der Waals surface area contributed by atoms with Crippen LogP contribution in [-0.2, 0) is 19.1 Å². The van der Waals surface area contributed by atoms with Crippen LogP contribution in [0.1, 0.15) is 41.0 Å². The molecule has 6 heteroatoms. The Morgan fingerprint density at radius 1 is 1.22 bits per heavy atom. The van der Waals surface area contributed by atoms with Crippen LogP contribution in [0.25, 0.3) is 0 Å². The average Bonchev–Trinajstić information content (AvgIpc) is 2.24. The largest absolute Gasteiger partial charge is 0.457 e. The van der Waals surface area contributed by atoms with E-state index in [1.807, 2.05) is 6.92 Å². The molecule has 0 saturated carbocycles. The molecular weight excluding hydrogens is 246 g/mol. The zero-order chi connectivity index (χ0) is 14.6. The van der Waals surface area contributed by atoms with Crippen LogP contribution < -0.4 is 0 Å². The normalized spacial score (nSPS) is 13.9. The quantitative estimate of drug-likeness (QED) is 0.693. The first-order valence-electron chi connectivity index (χ1n) is 5.75. The summed E-state index contributed by atoms with van der Waals surface area (Å²) >= 11 is 0. The zero-order valence-electron chi connectivity index (χ0n) is 11.4. The molecule has 0 aliphatic heterocycles. The number of hydrogen-bond acceptors (Lipinski definition) is 4. The molecule has 1 unspecified atom stereocenters. The number of rotatable bonds is 6. The van der Waals surface area contributed by atoms with Gasteiger partial charge in [-0.25, -0.2) is 13.6 Å². The highest BCUT2D eigenvalue weighted by Gasteiger charge is 2.32. The molecule has 0 amide bonds. The first-order valence-corrected chi connectivity index (χ1v) is 5.75. The number of esters is 2. The average molecular weight is 266 g/mol. The third-order valence-corrected chi connectivity index (χ3v) is 2.52. The maximum Gasteiger partial charge on any atom is 0.347 e. The van der Waals surface area contributed by atoms with Gasteiger partial charge < -0.3 is 9.47 Å².